The van der Waals surface area contributed by atoms with Crippen LogP contribution in [0.3, 0.4) is 0 Å². The Kier molecular flexibility index (Phi) is 5.09. The Bertz CT molecular complexity index is 312. The molecule has 0 atom stereocenters. The van der Waals surface area contributed by atoms with Crippen LogP contribution in [0.5, 0.6) is 0 Å². The molecule has 0 fully saturated rings. The maximum Gasteiger partial charge on any atom is 0.0409 e. The Labute approximate surface area is 97.0 Å². The quantitative estimate of drug-likeness (QED) is 0.836. The molecule has 2 N–H and O–H groups in total. The number of benzene rings is 1. The van der Waals surface area contributed by atoms with Crippen LogP contribution in [0.15, 0.2) is 18.2 Å². The van der Waals surface area contributed by atoms with Gasteiger partial charge in [0.25, 0.3) is 0 Å². The minimum Gasteiger partial charge on any atom is -0.329 e. The molecule has 0 bridgehead atoms. The summed E-state index contributed by atoms with van der Waals surface area (Å²) in [6.45, 7) is 7.84. The molecule has 0 aliphatic rings. The van der Waals surface area contributed by atoms with E-state index in [-0.39, 0.29) is 0 Å². The third-order valence-corrected chi connectivity index (χ3v) is 2.83. The summed E-state index contributed by atoms with van der Waals surface area (Å²) in [6, 6.07) is 6.03. The molecule has 1 aromatic rings. The normalized spacial score (nSPS) is 11.0. The summed E-state index contributed by atoms with van der Waals surface area (Å²) in [5, 5.41) is 0.805. The number of likely N-dealkylation sites (N-methyl/N-ethyl adjacent to an activating group) is 1. The molecule has 1 rings (SSSR count). The highest BCUT2D eigenvalue weighted by Crippen LogP contribution is 2.16. The first-order valence-corrected chi connectivity index (χ1v) is 5.72. The Balaban J connectivity index is 2.73. The molecule has 0 aliphatic heterocycles. The smallest absolute Gasteiger partial charge is 0.0409 e. The predicted octanol–water partition coefficient (Wildman–Crippen LogP) is 2.43. The fourth-order valence-electron chi connectivity index (χ4n) is 1.58. The summed E-state index contributed by atoms with van der Waals surface area (Å²) in [6.07, 6.45) is 0. The SMILES string of the molecule is CCN(CCN)Cc1cc(Cl)ccc1C. The molecule has 2 nitrogen and oxygen atoms in total. The average molecular weight is 227 g/mol. The molecule has 84 valence electrons. The zero-order valence-electron chi connectivity index (χ0n) is 9.46. The van der Waals surface area contributed by atoms with E-state index in [2.05, 4.69) is 24.8 Å². The molecule has 0 spiro atoms. The minimum absolute atomic E-state index is 0.702. The molecule has 1 aromatic carbocycles. The van der Waals surface area contributed by atoms with E-state index < -0.39 is 0 Å². The molecule has 0 aromatic heterocycles. The Morgan fingerprint density at radius 3 is 2.73 bits per heavy atom. The van der Waals surface area contributed by atoms with Crippen LogP contribution in [-0.4, -0.2) is 24.5 Å². The van der Waals surface area contributed by atoms with Crippen molar-refractivity contribution in [3.8, 4) is 0 Å². The van der Waals surface area contributed by atoms with Crippen molar-refractivity contribution in [3.63, 3.8) is 0 Å². The van der Waals surface area contributed by atoms with Crippen molar-refractivity contribution in [1.82, 2.24) is 4.90 Å². The third kappa shape index (κ3) is 3.82. The molecule has 0 heterocycles. The topological polar surface area (TPSA) is 29.3 Å². The molecule has 0 radical (unpaired) electrons. The van der Waals surface area contributed by atoms with Crippen LogP contribution >= 0.6 is 11.6 Å². The predicted molar refractivity (Wildman–Crippen MR) is 66.2 cm³/mol. The number of hydrogen-bond acceptors (Lipinski definition) is 2. The van der Waals surface area contributed by atoms with Gasteiger partial charge in [-0.05, 0) is 36.7 Å². The Hall–Kier alpha value is -0.570. The van der Waals surface area contributed by atoms with Crippen LogP contribution in [0, 0.1) is 6.92 Å². The molecular weight excluding hydrogens is 208 g/mol. The second-order valence-corrected chi connectivity index (χ2v) is 4.16. The lowest BCUT2D eigenvalue weighted by Crippen LogP contribution is -2.29. The van der Waals surface area contributed by atoms with Gasteiger partial charge in [-0.2, -0.15) is 0 Å². The molecule has 0 aliphatic carbocycles. The van der Waals surface area contributed by atoms with Crippen molar-refractivity contribution in [2.24, 2.45) is 5.73 Å². The zero-order chi connectivity index (χ0) is 11.3. The van der Waals surface area contributed by atoms with E-state index in [4.69, 9.17) is 17.3 Å². The molecule has 3 heteroatoms. The zero-order valence-corrected chi connectivity index (χ0v) is 10.2. The second kappa shape index (κ2) is 6.11. The van der Waals surface area contributed by atoms with Crippen LogP contribution < -0.4 is 5.73 Å². The van der Waals surface area contributed by atoms with Gasteiger partial charge in [0, 0.05) is 24.7 Å². The van der Waals surface area contributed by atoms with Gasteiger partial charge in [-0.1, -0.05) is 24.6 Å². The minimum atomic E-state index is 0.702. The Morgan fingerprint density at radius 2 is 2.13 bits per heavy atom. The second-order valence-electron chi connectivity index (χ2n) is 3.73. The van der Waals surface area contributed by atoms with E-state index in [1.165, 1.54) is 11.1 Å². The van der Waals surface area contributed by atoms with Gasteiger partial charge in [-0.15, -0.1) is 0 Å². The number of nitrogens with two attached hydrogens (primary N) is 1. The van der Waals surface area contributed by atoms with E-state index >= 15 is 0 Å². The summed E-state index contributed by atoms with van der Waals surface area (Å²) in [4.78, 5) is 2.32. The molecule has 0 amide bonds. The lowest BCUT2D eigenvalue weighted by atomic mass is 10.1. The average Bonchev–Trinajstić information content (AvgIpc) is 2.22. The number of rotatable bonds is 5. The summed E-state index contributed by atoms with van der Waals surface area (Å²) in [7, 11) is 0. The van der Waals surface area contributed by atoms with Gasteiger partial charge in [-0.3, -0.25) is 4.90 Å². The van der Waals surface area contributed by atoms with Crippen molar-refractivity contribution in [3.05, 3.63) is 34.3 Å². The molecular formula is C12H19ClN2. The number of nitrogens with zero attached hydrogens (tertiary/aromatic N) is 1. The maximum atomic E-state index is 5.98. The highest BCUT2D eigenvalue weighted by molar-refractivity contribution is 6.30. The van der Waals surface area contributed by atoms with E-state index in [1.54, 1.807) is 0 Å². The van der Waals surface area contributed by atoms with Gasteiger partial charge in [-0.25, -0.2) is 0 Å². The van der Waals surface area contributed by atoms with Crippen LogP contribution in [0.25, 0.3) is 0 Å². The van der Waals surface area contributed by atoms with Crippen LogP contribution in [0.1, 0.15) is 18.1 Å². The first kappa shape index (κ1) is 12.5. The molecule has 0 saturated carbocycles. The van der Waals surface area contributed by atoms with E-state index in [1.807, 2.05) is 12.1 Å². The third-order valence-electron chi connectivity index (χ3n) is 2.60. The molecule has 15 heavy (non-hydrogen) atoms. The van der Waals surface area contributed by atoms with Gasteiger partial charge in [0.2, 0.25) is 0 Å². The summed E-state index contributed by atoms with van der Waals surface area (Å²) in [5.74, 6) is 0. The van der Waals surface area contributed by atoms with Gasteiger partial charge in [0.15, 0.2) is 0 Å². The summed E-state index contributed by atoms with van der Waals surface area (Å²) < 4.78 is 0. The first-order valence-electron chi connectivity index (χ1n) is 5.34. The van der Waals surface area contributed by atoms with Crippen LogP contribution in [0.2, 0.25) is 5.02 Å². The maximum absolute atomic E-state index is 5.98. The number of hydrogen-bond donors (Lipinski definition) is 1. The number of halogens is 1. The fourth-order valence-corrected chi connectivity index (χ4v) is 1.78. The summed E-state index contributed by atoms with van der Waals surface area (Å²) in [5.41, 5.74) is 8.14. The largest absolute Gasteiger partial charge is 0.329 e. The lowest BCUT2D eigenvalue weighted by molar-refractivity contribution is 0.287. The standard InChI is InChI=1S/C12H19ClN2/c1-3-15(7-6-14)9-11-8-12(13)5-4-10(11)2/h4-5,8H,3,6-7,9,14H2,1-2H3. The van der Waals surface area contributed by atoms with Crippen LogP contribution in [-0.2, 0) is 6.54 Å². The van der Waals surface area contributed by atoms with Crippen molar-refractivity contribution >= 4 is 11.6 Å². The first-order chi connectivity index (χ1) is 7.17. The fraction of sp³-hybridized carbons (Fsp3) is 0.500. The Morgan fingerprint density at radius 1 is 1.40 bits per heavy atom. The summed E-state index contributed by atoms with van der Waals surface area (Å²) >= 11 is 5.98. The van der Waals surface area contributed by atoms with E-state index in [0.29, 0.717) is 6.54 Å². The highest BCUT2D eigenvalue weighted by Gasteiger charge is 2.05. The van der Waals surface area contributed by atoms with Gasteiger partial charge in [0.05, 0.1) is 0 Å². The van der Waals surface area contributed by atoms with Crippen LogP contribution in [0.4, 0.5) is 0 Å². The van der Waals surface area contributed by atoms with Crippen molar-refractivity contribution in [1.29, 1.82) is 0 Å². The molecule has 0 saturated heterocycles. The number of aryl methyl sites for hydroxylation is 1. The highest BCUT2D eigenvalue weighted by atomic mass is 35.5. The van der Waals surface area contributed by atoms with E-state index in [0.717, 1.165) is 24.7 Å². The van der Waals surface area contributed by atoms with Gasteiger partial charge >= 0.3 is 0 Å². The van der Waals surface area contributed by atoms with Crippen molar-refractivity contribution < 1.29 is 0 Å². The van der Waals surface area contributed by atoms with E-state index in [9.17, 15) is 0 Å². The van der Waals surface area contributed by atoms with Crippen molar-refractivity contribution in [2.75, 3.05) is 19.6 Å². The molecule has 0 unspecified atom stereocenters. The van der Waals surface area contributed by atoms with Crippen molar-refractivity contribution in [2.45, 2.75) is 20.4 Å². The monoisotopic (exact) mass is 226 g/mol. The van der Waals surface area contributed by atoms with Gasteiger partial charge in [0.1, 0.15) is 0 Å². The van der Waals surface area contributed by atoms with Gasteiger partial charge < -0.3 is 5.73 Å². The lowest BCUT2D eigenvalue weighted by Gasteiger charge is -2.20.